The van der Waals surface area contributed by atoms with Crippen molar-refractivity contribution >= 4 is 11.3 Å². The first kappa shape index (κ1) is 14.4. The lowest BCUT2D eigenvalue weighted by atomic mass is 10.2. The number of halogens is 1. The Bertz CT molecular complexity index is 765. The molecule has 0 N–H and O–H groups in total. The summed E-state index contributed by atoms with van der Waals surface area (Å²) in [5.41, 5.74) is 3.91. The summed E-state index contributed by atoms with van der Waals surface area (Å²) in [6.45, 7) is -0.399. The molecule has 0 unspecified atom stereocenters. The maximum Gasteiger partial charge on any atom is 0.139 e. The third-order valence-electron chi connectivity index (χ3n) is 3.46. The number of aromatic nitrogens is 2. The van der Waals surface area contributed by atoms with Gasteiger partial charge in [0.25, 0.3) is 0 Å². The number of fused-ring (bicyclic) bond motifs is 1. The van der Waals surface area contributed by atoms with Gasteiger partial charge in [0.15, 0.2) is 0 Å². The Balaban J connectivity index is 1.89. The molecule has 2 aromatic heterocycles. The minimum atomic E-state index is -0.484. The molecule has 0 amide bonds. The second-order valence-corrected chi connectivity index (χ2v) is 5.23. The van der Waals surface area contributed by atoms with Gasteiger partial charge in [-0.3, -0.25) is 0 Å². The number of hydrogen-bond donors (Lipinski definition) is 0. The van der Waals surface area contributed by atoms with Crippen molar-refractivity contribution in [2.75, 3.05) is 32.3 Å². The molecule has 114 valence electrons. The highest BCUT2D eigenvalue weighted by Gasteiger charge is 2.06. The molecular weight excluding hydrogens is 281 g/mol. The van der Waals surface area contributed by atoms with Crippen LogP contribution in [0.3, 0.4) is 0 Å². The molecule has 0 saturated heterocycles. The molecule has 5 heteroatoms. The van der Waals surface area contributed by atoms with E-state index in [4.69, 9.17) is 4.74 Å². The van der Waals surface area contributed by atoms with Gasteiger partial charge >= 0.3 is 0 Å². The smallest absolute Gasteiger partial charge is 0.139 e. The largest absolute Gasteiger partial charge is 0.491 e. The minimum absolute atomic E-state index is 0.0843. The van der Waals surface area contributed by atoms with Crippen molar-refractivity contribution in [3.05, 3.63) is 48.8 Å². The van der Waals surface area contributed by atoms with E-state index in [1.165, 1.54) is 0 Å². The van der Waals surface area contributed by atoms with Gasteiger partial charge < -0.3 is 14.0 Å². The first-order chi connectivity index (χ1) is 10.7. The molecule has 3 aromatic rings. The Hall–Kier alpha value is -2.56. The van der Waals surface area contributed by atoms with Gasteiger partial charge in [-0.1, -0.05) is 0 Å². The van der Waals surface area contributed by atoms with Crippen LogP contribution in [0.5, 0.6) is 5.75 Å². The molecule has 0 bridgehead atoms. The molecule has 2 heterocycles. The summed E-state index contributed by atoms with van der Waals surface area (Å²) in [5, 5.41) is 0. The summed E-state index contributed by atoms with van der Waals surface area (Å²) in [6.07, 6.45) is 3.99. The monoisotopic (exact) mass is 299 g/mol. The first-order valence-electron chi connectivity index (χ1n) is 7.12. The summed E-state index contributed by atoms with van der Waals surface area (Å²) < 4.78 is 19.3. The highest BCUT2D eigenvalue weighted by atomic mass is 19.1. The van der Waals surface area contributed by atoms with Gasteiger partial charge in [0.2, 0.25) is 0 Å². The van der Waals surface area contributed by atoms with Crippen LogP contribution in [0.2, 0.25) is 0 Å². The number of nitrogens with zero attached hydrogens (tertiary/aromatic N) is 3. The molecule has 22 heavy (non-hydrogen) atoms. The number of pyridine rings is 1. The molecule has 0 saturated carbocycles. The van der Waals surface area contributed by atoms with Crippen LogP contribution in [0, 0.1) is 0 Å². The number of benzene rings is 1. The standard InChI is InChI=1S/C17H18FN3O/c1-20(2)14-7-9-21-12-16(19-17(21)11-14)13-3-5-15(6-4-13)22-10-8-18/h3-7,9,11-12H,8,10H2,1-2H3. The van der Waals surface area contributed by atoms with E-state index in [1.54, 1.807) is 0 Å². The summed E-state index contributed by atoms with van der Waals surface area (Å²) in [6, 6.07) is 11.6. The first-order valence-corrected chi connectivity index (χ1v) is 7.12. The average Bonchev–Trinajstić information content (AvgIpc) is 2.96. The van der Waals surface area contributed by atoms with Crippen molar-refractivity contribution in [2.24, 2.45) is 0 Å². The van der Waals surface area contributed by atoms with E-state index in [2.05, 4.69) is 4.98 Å². The van der Waals surface area contributed by atoms with Gasteiger partial charge in [-0.15, -0.1) is 0 Å². The number of anilines is 1. The fourth-order valence-electron chi connectivity index (χ4n) is 2.27. The van der Waals surface area contributed by atoms with Gasteiger partial charge in [-0.05, 0) is 30.3 Å². The maximum absolute atomic E-state index is 12.1. The zero-order valence-corrected chi connectivity index (χ0v) is 12.7. The lowest BCUT2D eigenvalue weighted by molar-refractivity contribution is 0.273. The number of alkyl halides is 1. The fraction of sp³-hybridized carbons (Fsp3) is 0.235. The Kier molecular flexibility index (Phi) is 3.96. The van der Waals surface area contributed by atoms with Gasteiger partial charge in [0.1, 0.15) is 24.7 Å². The number of rotatable bonds is 5. The predicted molar refractivity (Wildman–Crippen MR) is 86.4 cm³/mol. The van der Waals surface area contributed by atoms with Crippen molar-refractivity contribution in [3.8, 4) is 17.0 Å². The Labute approximate surface area is 128 Å². The molecular formula is C17H18FN3O. The van der Waals surface area contributed by atoms with E-state index in [-0.39, 0.29) is 6.61 Å². The molecule has 4 nitrogen and oxygen atoms in total. The highest BCUT2D eigenvalue weighted by molar-refractivity contribution is 5.65. The summed E-state index contributed by atoms with van der Waals surface area (Å²) >= 11 is 0. The summed E-state index contributed by atoms with van der Waals surface area (Å²) in [7, 11) is 4.01. The second kappa shape index (κ2) is 6.05. The lowest BCUT2D eigenvalue weighted by Crippen LogP contribution is -2.08. The van der Waals surface area contributed by atoms with Gasteiger partial charge in [-0.2, -0.15) is 0 Å². The molecule has 3 rings (SSSR count). The van der Waals surface area contributed by atoms with Crippen molar-refractivity contribution in [2.45, 2.75) is 0 Å². The molecule has 0 spiro atoms. The van der Waals surface area contributed by atoms with Crippen LogP contribution >= 0.6 is 0 Å². The number of imidazole rings is 1. The zero-order chi connectivity index (χ0) is 15.5. The van der Waals surface area contributed by atoms with Gasteiger partial charge in [0, 0.05) is 43.8 Å². The van der Waals surface area contributed by atoms with Crippen LogP contribution in [-0.2, 0) is 0 Å². The normalized spacial score (nSPS) is 10.9. The van der Waals surface area contributed by atoms with E-state index >= 15 is 0 Å². The number of ether oxygens (including phenoxy) is 1. The topological polar surface area (TPSA) is 29.8 Å². The molecule has 0 atom stereocenters. The zero-order valence-electron chi connectivity index (χ0n) is 12.7. The van der Waals surface area contributed by atoms with E-state index in [0.717, 1.165) is 22.6 Å². The fourth-order valence-corrected chi connectivity index (χ4v) is 2.27. The van der Waals surface area contributed by atoms with Crippen LogP contribution in [-0.4, -0.2) is 36.8 Å². The SMILES string of the molecule is CN(C)c1ccn2cc(-c3ccc(OCCF)cc3)nc2c1. The van der Waals surface area contributed by atoms with Crippen LogP contribution < -0.4 is 9.64 Å². The third kappa shape index (κ3) is 2.88. The highest BCUT2D eigenvalue weighted by Crippen LogP contribution is 2.23. The van der Waals surface area contributed by atoms with Crippen LogP contribution in [0.1, 0.15) is 0 Å². The molecule has 0 aliphatic carbocycles. The van der Waals surface area contributed by atoms with Crippen molar-refractivity contribution in [3.63, 3.8) is 0 Å². The molecule has 1 aromatic carbocycles. The van der Waals surface area contributed by atoms with Crippen molar-refractivity contribution in [1.82, 2.24) is 9.38 Å². The van der Waals surface area contributed by atoms with Crippen LogP contribution in [0.25, 0.3) is 16.9 Å². The van der Waals surface area contributed by atoms with Crippen molar-refractivity contribution < 1.29 is 9.13 Å². The van der Waals surface area contributed by atoms with Crippen LogP contribution in [0.4, 0.5) is 10.1 Å². The van der Waals surface area contributed by atoms with Crippen LogP contribution in [0.15, 0.2) is 48.8 Å². The molecule has 0 fully saturated rings. The van der Waals surface area contributed by atoms with Crippen molar-refractivity contribution in [1.29, 1.82) is 0 Å². The Morgan fingerprint density at radius 3 is 2.64 bits per heavy atom. The Morgan fingerprint density at radius 1 is 1.18 bits per heavy atom. The van der Waals surface area contributed by atoms with E-state index < -0.39 is 6.67 Å². The second-order valence-electron chi connectivity index (χ2n) is 5.23. The third-order valence-corrected chi connectivity index (χ3v) is 3.46. The quantitative estimate of drug-likeness (QED) is 0.723. The Morgan fingerprint density at radius 2 is 1.95 bits per heavy atom. The van der Waals surface area contributed by atoms with E-state index in [9.17, 15) is 4.39 Å². The maximum atomic E-state index is 12.1. The summed E-state index contributed by atoms with van der Waals surface area (Å²) in [5.74, 6) is 0.667. The molecule has 0 aliphatic heterocycles. The molecule has 0 aliphatic rings. The minimum Gasteiger partial charge on any atom is -0.491 e. The number of hydrogen-bond acceptors (Lipinski definition) is 3. The average molecular weight is 299 g/mol. The van der Waals surface area contributed by atoms with Gasteiger partial charge in [0.05, 0.1) is 5.69 Å². The summed E-state index contributed by atoms with van der Waals surface area (Å²) in [4.78, 5) is 6.70. The predicted octanol–water partition coefficient (Wildman–Crippen LogP) is 3.42. The van der Waals surface area contributed by atoms with Gasteiger partial charge in [-0.25, -0.2) is 9.37 Å². The van der Waals surface area contributed by atoms with E-state index in [1.807, 2.05) is 72.2 Å². The van der Waals surface area contributed by atoms with E-state index in [0.29, 0.717) is 5.75 Å². The lowest BCUT2D eigenvalue weighted by Gasteiger charge is -2.11. The molecule has 0 radical (unpaired) electrons.